The van der Waals surface area contributed by atoms with Gasteiger partial charge in [0.2, 0.25) is 28.5 Å². The summed E-state index contributed by atoms with van der Waals surface area (Å²) in [4.78, 5) is 47.8. The van der Waals surface area contributed by atoms with Crippen LogP contribution in [0.25, 0.3) is 11.1 Å². The predicted octanol–water partition coefficient (Wildman–Crippen LogP) is 0.485. The van der Waals surface area contributed by atoms with E-state index in [1.807, 2.05) is 61.7 Å². The number of nitrogens with two attached hydrogens (primary N) is 1. The van der Waals surface area contributed by atoms with E-state index in [-0.39, 0.29) is 23.3 Å². The molecule has 0 unspecified atom stereocenters. The van der Waals surface area contributed by atoms with E-state index in [2.05, 4.69) is 45.7 Å². The second kappa shape index (κ2) is 16.3. The van der Waals surface area contributed by atoms with Crippen molar-refractivity contribution < 1.29 is 50.6 Å². The van der Waals surface area contributed by atoms with Crippen LogP contribution in [0.3, 0.4) is 0 Å². The summed E-state index contributed by atoms with van der Waals surface area (Å²) in [5.41, 5.74) is 5.27. The van der Waals surface area contributed by atoms with Crippen LogP contribution in [0.2, 0.25) is 0 Å². The van der Waals surface area contributed by atoms with Crippen LogP contribution in [0.4, 0.5) is 9.93 Å². The van der Waals surface area contributed by atoms with E-state index in [1.165, 1.54) is 19.2 Å². The Hall–Kier alpha value is -5.72. The Balaban J connectivity index is 1.23. The zero-order valence-electron chi connectivity index (χ0n) is 30.6. The Morgan fingerprint density at radius 1 is 1.22 bits per heavy atom. The maximum atomic E-state index is 13.5. The minimum atomic E-state index is -5.26. The minimum absolute atomic E-state index is 0.00267. The van der Waals surface area contributed by atoms with Gasteiger partial charge in [-0.15, -0.1) is 26.2 Å². The third kappa shape index (κ3) is 10.5. The fraction of sp³-hybridized carbons (Fsp3) is 0.452. The lowest BCUT2D eigenvalue weighted by Gasteiger charge is -2.51. The normalized spacial score (nSPS) is 16.3. The van der Waals surface area contributed by atoms with Crippen molar-refractivity contribution in [2.24, 2.45) is 12.2 Å². The van der Waals surface area contributed by atoms with Crippen LogP contribution in [-0.4, -0.2) is 102 Å². The number of alkyl carbamates (subject to hydrolysis) is 1. The van der Waals surface area contributed by atoms with E-state index >= 15 is 0 Å². The lowest BCUT2D eigenvalue weighted by atomic mass is 9.84. The van der Waals surface area contributed by atoms with Crippen molar-refractivity contribution in [1.82, 2.24) is 46.0 Å². The first kappa shape index (κ1) is 40.5. The second-order valence-corrected chi connectivity index (χ2v) is 15.5. The molecule has 3 amide bonds. The summed E-state index contributed by atoms with van der Waals surface area (Å²) in [6.45, 7) is 9.10. The van der Waals surface area contributed by atoms with Gasteiger partial charge in [0.05, 0.1) is 23.8 Å². The summed E-state index contributed by atoms with van der Waals surface area (Å²) in [7, 11) is -3.34. The number of H-pyrrole nitrogens is 1. The lowest BCUT2D eigenvalue weighted by Crippen LogP contribution is -2.76. The topological polar surface area (TPSA) is 287 Å². The van der Waals surface area contributed by atoms with Crippen molar-refractivity contribution in [3.63, 3.8) is 0 Å². The van der Waals surface area contributed by atoms with E-state index in [4.69, 9.17) is 20.0 Å². The fourth-order valence-electron chi connectivity index (χ4n) is 5.18. The minimum Gasteiger partial charge on any atom is -0.724 e. The molecule has 0 aliphatic carbocycles. The number of thiazole rings is 1. The zero-order valence-corrected chi connectivity index (χ0v) is 32.2. The van der Waals surface area contributed by atoms with Crippen LogP contribution in [0, 0.1) is 0 Å². The predicted molar refractivity (Wildman–Crippen MR) is 190 cm³/mol. The summed E-state index contributed by atoms with van der Waals surface area (Å²) < 4.78 is 52.7. The molecule has 1 fully saturated rings. The number of anilines is 1. The molecule has 1 saturated heterocycles. The number of amides is 3. The Morgan fingerprint density at radius 2 is 1.95 bits per heavy atom. The fourth-order valence-corrected chi connectivity index (χ4v) is 6.18. The number of hydroxylamine groups is 2. The summed E-state index contributed by atoms with van der Waals surface area (Å²) in [5, 5.41) is 24.9. The number of ether oxygens (including phenoxy) is 2. The maximum absolute atomic E-state index is 13.5. The number of rotatable bonds is 16. The van der Waals surface area contributed by atoms with Crippen LogP contribution >= 0.6 is 11.3 Å². The monoisotopic (exact) mass is 804 g/mol. The number of hydrogen-bond acceptors (Lipinski definition) is 17. The number of benzene rings is 1. The van der Waals surface area contributed by atoms with E-state index < -0.39 is 57.3 Å². The number of nitrogens with one attached hydrogen (secondary N) is 3. The average molecular weight is 805 g/mol. The molecule has 296 valence electrons. The third-order valence-electron chi connectivity index (χ3n) is 7.86. The second-order valence-electron chi connectivity index (χ2n) is 13.6. The molecule has 1 aliphatic rings. The zero-order chi connectivity index (χ0) is 40.1. The number of carbonyl (C=O) groups is 3. The molecule has 5 rings (SSSR count). The number of nitrogen functional groups attached to an aromatic ring is 1. The molecule has 0 radical (unpaired) electrons. The van der Waals surface area contributed by atoms with E-state index in [9.17, 15) is 27.4 Å². The van der Waals surface area contributed by atoms with Gasteiger partial charge in [-0.1, -0.05) is 22.5 Å². The number of aryl methyl sites for hydroxylation is 2. The van der Waals surface area contributed by atoms with Crippen LogP contribution in [0.1, 0.15) is 58.7 Å². The molecule has 1 aliphatic heterocycles. The first-order valence-electron chi connectivity index (χ1n) is 16.6. The van der Waals surface area contributed by atoms with Crippen LogP contribution in [-0.2, 0) is 47.4 Å². The Labute approximate surface area is 318 Å². The van der Waals surface area contributed by atoms with Gasteiger partial charge in [0.25, 0.3) is 11.8 Å². The van der Waals surface area contributed by atoms with Gasteiger partial charge in [-0.3, -0.25) is 9.59 Å². The van der Waals surface area contributed by atoms with Gasteiger partial charge < -0.3 is 35.2 Å². The van der Waals surface area contributed by atoms with E-state index in [1.54, 1.807) is 12.1 Å². The largest absolute Gasteiger partial charge is 0.724 e. The molecule has 4 aromatic rings. The summed E-state index contributed by atoms with van der Waals surface area (Å²) in [5.74, 6) is -1.43. The molecule has 4 heterocycles. The number of oxime groups is 1. The molecule has 5 N–H and O–H groups in total. The van der Waals surface area contributed by atoms with Gasteiger partial charge in [0, 0.05) is 11.9 Å². The number of tetrazole rings is 1. The number of carbonyl (C=O) groups excluding carboxylic acids is 3. The van der Waals surface area contributed by atoms with Crippen LogP contribution < -0.4 is 25.8 Å². The molecule has 0 saturated carbocycles. The number of β-lactam (4-membered cyclic amide) rings is 1. The van der Waals surface area contributed by atoms with Crippen molar-refractivity contribution in [2.75, 3.05) is 18.9 Å². The summed E-state index contributed by atoms with van der Waals surface area (Å²) >= 11 is 1.01. The Morgan fingerprint density at radius 3 is 2.55 bits per heavy atom. The van der Waals surface area contributed by atoms with Gasteiger partial charge in [-0.2, -0.15) is 19.2 Å². The van der Waals surface area contributed by atoms with Gasteiger partial charge in [-0.05, 0) is 58.7 Å². The molecule has 3 aromatic heterocycles. The average Bonchev–Trinajstić information content (AvgIpc) is 3.87. The summed E-state index contributed by atoms with van der Waals surface area (Å²) in [6.07, 6.45) is 3.09. The molecule has 1 aromatic carbocycles. The smallest absolute Gasteiger partial charge is 0.407 e. The number of nitrogens with zero attached hydrogens (tertiary/aromatic N) is 8. The molecule has 55 heavy (non-hydrogen) atoms. The standard InChI is InChI=1S/C31H40N12O10S2/c1-30(2,3)51-29(46)33-12-7-13-42-15-19(14-41(42)6)18-8-10-20(11-9-18)50-16-22(25-36-39-40-37-25)52-38-23(21-17-54-28(32)34-21)26(44)35-24-27(45)43(31(24,4)5)53-55(47,48)49/h8-11,14-15,17,22,24H,7,12-13,16H2,1-6H3,(H5-,32,33,34,35,36,37,39,40,44,46,47,48,49)/b38-23-/t22-,24+/m0/s1. The summed E-state index contributed by atoms with van der Waals surface area (Å²) in [6, 6.07) is 5.95. The van der Waals surface area contributed by atoms with Crippen LogP contribution in [0.5, 0.6) is 5.75 Å². The van der Waals surface area contributed by atoms with Gasteiger partial charge in [0.1, 0.15) is 29.7 Å². The Kier molecular flexibility index (Phi) is 12.0. The highest BCUT2D eigenvalue weighted by Crippen LogP contribution is 2.33. The van der Waals surface area contributed by atoms with Crippen molar-refractivity contribution >= 4 is 50.5 Å². The molecular weight excluding hydrogens is 765 g/mol. The van der Waals surface area contributed by atoms with E-state index in [0.29, 0.717) is 30.3 Å². The van der Waals surface area contributed by atoms with E-state index in [0.717, 1.165) is 22.5 Å². The van der Waals surface area contributed by atoms with Crippen molar-refractivity contribution in [3.05, 3.63) is 53.6 Å². The highest BCUT2D eigenvalue weighted by Gasteiger charge is 2.57. The lowest BCUT2D eigenvalue weighted by molar-refractivity contribution is -0.753. The number of aromatic nitrogens is 7. The van der Waals surface area contributed by atoms with Crippen molar-refractivity contribution in [2.45, 2.75) is 70.9 Å². The molecule has 0 bridgehead atoms. The number of hydrogen-bond donors (Lipinski definition) is 4. The SMILES string of the molecule is C[n+]1cc(-c2ccc(OC[C@H](O/N=C(\C(=O)N[C@@H]3C(=O)N(OS(=O)(=O)[O-])C3(C)C)c3csc(N)n3)c3nn[nH]n3)cc2)cn1CCCNC(=O)OC(C)(C)C. The maximum Gasteiger partial charge on any atom is 0.407 e. The van der Waals surface area contributed by atoms with Gasteiger partial charge >= 0.3 is 6.09 Å². The molecule has 2 atom stereocenters. The first-order valence-corrected chi connectivity index (χ1v) is 18.8. The third-order valence-corrected chi connectivity index (χ3v) is 8.86. The molecular formula is C31H40N12O10S2. The van der Waals surface area contributed by atoms with Gasteiger partial charge in [0.15, 0.2) is 17.9 Å². The Bertz CT molecular complexity index is 2130. The van der Waals surface area contributed by atoms with Crippen molar-refractivity contribution in [1.29, 1.82) is 0 Å². The van der Waals surface area contributed by atoms with Crippen LogP contribution in [0.15, 0.2) is 47.2 Å². The molecule has 0 spiro atoms. The highest BCUT2D eigenvalue weighted by atomic mass is 32.3. The van der Waals surface area contributed by atoms with Gasteiger partial charge in [-0.25, -0.2) is 18.2 Å². The highest BCUT2D eigenvalue weighted by molar-refractivity contribution is 7.80. The first-order chi connectivity index (χ1) is 25.8. The molecule has 22 nitrogen and oxygen atoms in total. The quantitative estimate of drug-likeness (QED) is 0.0228. The number of aromatic amines is 1. The van der Waals surface area contributed by atoms with Crippen molar-refractivity contribution in [3.8, 4) is 16.9 Å². The molecule has 24 heteroatoms.